The van der Waals surface area contributed by atoms with Gasteiger partial charge in [-0.05, 0) is 37.0 Å². The number of benzene rings is 1. The van der Waals surface area contributed by atoms with Crippen LogP contribution < -0.4 is 4.74 Å². The van der Waals surface area contributed by atoms with Gasteiger partial charge in [-0.1, -0.05) is 25.0 Å². The molecule has 1 saturated carbocycles. The molecule has 4 rings (SSSR count). The number of thiophene rings is 1. The first-order valence-electron chi connectivity index (χ1n) is 9.16. The van der Waals surface area contributed by atoms with Crippen LogP contribution in [-0.4, -0.2) is 27.7 Å². The number of fused-ring (bicyclic) bond motifs is 1. The van der Waals surface area contributed by atoms with E-state index >= 15 is 0 Å². The molecule has 0 saturated heterocycles. The van der Waals surface area contributed by atoms with Crippen LogP contribution in [-0.2, 0) is 6.18 Å². The molecule has 152 valence electrons. The zero-order valence-corrected chi connectivity index (χ0v) is 16.0. The van der Waals surface area contributed by atoms with Crippen molar-refractivity contribution in [2.45, 2.75) is 31.9 Å². The minimum absolute atomic E-state index is 0.0375. The Balaban J connectivity index is 1.78. The molecule has 0 unspecified atom stereocenters. The molecule has 0 radical (unpaired) electrons. The highest BCUT2D eigenvalue weighted by atomic mass is 32.1. The zero-order valence-electron chi connectivity index (χ0n) is 15.2. The van der Waals surface area contributed by atoms with Crippen LogP contribution in [0.25, 0.3) is 21.5 Å². The molecule has 3 aromatic rings. The van der Waals surface area contributed by atoms with Crippen molar-refractivity contribution in [3.8, 4) is 17.3 Å². The smallest absolute Gasteiger partial charge is 0.416 e. The Hall–Kier alpha value is -2.68. The fraction of sp³-hybridized carbons (Fsp3) is 0.350. The Morgan fingerprint density at radius 2 is 1.97 bits per heavy atom. The summed E-state index contributed by atoms with van der Waals surface area (Å²) in [5, 5.41) is 9.69. The first kappa shape index (κ1) is 19.6. The highest BCUT2D eigenvalue weighted by molar-refractivity contribution is 7.20. The van der Waals surface area contributed by atoms with Crippen LogP contribution in [0.15, 0.2) is 30.3 Å². The fourth-order valence-electron chi connectivity index (χ4n) is 3.50. The first-order chi connectivity index (χ1) is 13.8. The molecule has 0 aliphatic heterocycles. The second-order valence-electron chi connectivity index (χ2n) is 7.03. The van der Waals surface area contributed by atoms with E-state index in [1.165, 1.54) is 18.2 Å². The molecule has 0 bridgehead atoms. The third-order valence-electron chi connectivity index (χ3n) is 4.97. The highest BCUT2D eigenvalue weighted by Crippen LogP contribution is 2.37. The second kappa shape index (κ2) is 7.62. The number of hydrogen-bond acceptors (Lipinski definition) is 5. The lowest BCUT2D eigenvalue weighted by molar-refractivity contribution is -0.137. The third-order valence-corrected chi connectivity index (χ3v) is 5.99. The summed E-state index contributed by atoms with van der Waals surface area (Å²) in [6, 6.07) is 6.23. The van der Waals surface area contributed by atoms with E-state index in [0.29, 0.717) is 22.7 Å². The number of rotatable bonds is 5. The SMILES string of the molecule is O=C(O)c1cc2c(-c3cccc(C(F)(F)F)c3)nc(OCC3CCCC3)nc2s1. The van der Waals surface area contributed by atoms with Gasteiger partial charge in [-0.15, -0.1) is 11.3 Å². The van der Waals surface area contributed by atoms with Gasteiger partial charge in [-0.3, -0.25) is 0 Å². The second-order valence-corrected chi connectivity index (χ2v) is 8.06. The summed E-state index contributed by atoms with van der Waals surface area (Å²) in [7, 11) is 0. The average molecular weight is 422 g/mol. The molecule has 29 heavy (non-hydrogen) atoms. The third kappa shape index (κ3) is 4.19. The quantitative estimate of drug-likeness (QED) is 0.576. The van der Waals surface area contributed by atoms with Gasteiger partial charge in [0.2, 0.25) is 0 Å². The van der Waals surface area contributed by atoms with Gasteiger partial charge in [0.15, 0.2) is 0 Å². The van der Waals surface area contributed by atoms with Crippen LogP contribution in [0, 0.1) is 5.92 Å². The van der Waals surface area contributed by atoms with Gasteiger partial charge in [0.25, 0.3) is 0 Å². The molecule has 1 aliphatic rings. The standard InChI is InChI=1S/C20H17F3N2O3S/c21-20(22,23)13-7-3-6-12(8-13)16-14-9-15(18(26)27)29-17(14)25-19(24-16)28-10-11-4-1-2-5-11/h3,6-9,11H,1-2,4-5,10H2,(H,26,27). The van der Waals surface area contributed by atoms with E-state index in [1.807, 2.05) is 0 Å². The molecular formula is C20H17F3N2O3S. The molecule has 1 fully saturated rings. The summed E-state index contributed by atoms with van der Waals surface area (Å²) in [5.41, 5.74) is -0.345. The van der Waals surface area contributed by atoms with Crippen LogP contribution in [0.1, 0.15) is 40.9 Å². The van der Waals surface area contributed by atoms with E-state index in [2.05, 4.69) is 9.97 Å². The lowest BCUT2D eigenvalue weighted by atomic mass is 10.1. The Bertz CT molecular complexity index is 1060. The monoisotopic (exact) mass is 422 g/mol. The molecule has 2 aromatic heterocycles. The number of halogens is 3. The van der Waals surface area contributed by atoms with E-state index in [0.717, 1.165) is 49.2 Å². The van der Waals surface area contributed by atoms with Crippen LogP contribution in [0.4, 0.5) is 13.2 Å². The normalized spacial score (nSPS) is 15.1. The van der Waals surface area contributed by atoms with Gasteiger partial charge in [0.05, 0.1) is 17.9 Å². The van der Waals surface area contributed by atoms with Crippen molar-refractivity contribution in [1.82, 2.24) is 9.97 Å². The zero-order chi connectivity index (χ0) is 20.6. The average Bonchev–Trinajstić information content (AvgIpc) is 3.34. The highest BCUT2D eigenvalue weighted by Gasteiger charge is 2.31. The molecule has 9 heteroatoms. The Morgan fingerprint density at radius 3 is 2.66 bits per heavy atom. The van der Waals surface area contributed by atoms with Crippen molar-refractivity contribution in [2.24, 2.45) is 5.92 Å². The molecule has 0 atom stereocenters. The van der Waals surface area contributed by atoms with Crippen molar-refractivity contribution in [3.63, 3.8) is 0 Å². The summed E-state index contributed by atoms with van der Waals surface area (Å²) in [5.74, 6) is -0.722. The molecule has 1 N–H and O–H groups in total. The van der Waals surface area contributed by atoms with E-state index in [9.17, 15) is 23.1 Å². The van der Waals surface area contributed by atoms with Crippen LogP contribution in [0.2, 0.25) is 0 Å². The van der Waals surface area contributed by atoms with E-state index < -0.39 is 17.7 Å². The van der Waals surface area contributed by atoms with Gasteiger partial charge >= 0.3 is 18.2 Å². The van der Waals surface area contributed by atoms with Crippen molar-refractivity contribution in [3.05, 3.63) is 40.8 Å². The van der Waals surface area contributed by atoms with E-state index in [-0.39, 0.29) is 22.1 Å². The predicted octanol–water partition coefficient (Wildman–Crippen LogP) is 5.64. The number of carboxylic acids is 1. The van der Waals surface area contributed by atoms with Crippen molar-refractivity contribution >= 4 is 27.5 Å². The topological polar surface area (TPSA) is 72.3 Å². The van der Waals surface area contributed by atoms with Gasteiger partial charge < -0.3 is 9.84 Å². The van der Waals surface area contributed by atoms with Crippen LogP contribution in [0.3, 0.4) is 0 Å². The maximum atomic E-state index is 13.1. The Kier molecular flexibility index (Phi) is 5.16. The van der Waals surface area contributed by atoms with Gasteiger partial charge in [-0.25, -0.2) is 4.79 Å². The van der Waals surface area contributed by atoms with Crippen molar-refractivity contribution < 1.29 is 27.8 Å². The molecule has 2 heterocycles. The molecule has 0 spiro atoms. The maximum Gasteiger partial charge on any atom is 0.416 e. The number of carbonyl (C=O) groups is 1. The van der Waals surface area contributed by atoms with Crippen LogP contribution >= 0.6 is 11.3 Å². The molecule has 1 aliphatic carbocycles. The number of aromatic nitrogens is 2. The molecular weight excluding hydrogens is 405 g/mol. The number of ether oxygens (including phenoxy) is 1. The summed E-state index contributed by atoms with van der Waals surface area (Å²) < 4.78 is 45.2. The fourth-order valence-corrected chi connectivity index (χ4v) is 4.37. The molecule has 5 nitrogen and oxygen atoms in total. The molecule has 1 aromatic carbocycles. The van der Waals surface area contributed by atoms with Gasteiger partial charge in [-0.2, -0.15) is 23.1 Å². The number of nitrogens with zero attached hydrogens (tertiary/aromatic N) is 2. The largest absolute Gasteiger partial charge is 0.477 e. The summed E-state index contributed by atoms with van der Waals surface area (Å²) in [6.45, 7) is 0.435. The van der Waals surface area contributed by atoms with Crippen molar-refractivity contribution in [1.29, 1.82) is 0 Å². The predicted molar refractivity (Wildman–Crippen MR) is 102 cm³/mol. The minimum Gasteiger partial charge on any atom is -0.477 e. The molecule has 0 amide bonds. The number of hydrogen-bond donors (Lipinski definition) is 1. The lowest BCUT2D eigenvalue weighted by Gasteiger charge is -2.12. The number of carboxylic acid groups (broad SMARTS) is 1. The minimum atomic E-state index is -4.50. The van der Waals surface area contributed by atoms with Gasteiger partial charge in [0.1, 0.15) is 9.71 Å². The van der Waals surface area contributed by atoms with Crippen molar-refractivity contribution in [2.75, 3.05) is 6.61 Å². The summed E-state index contributed by atoms with van der Waals surface area (Å²) >= 11 is 0.943. The maximum absolute atomic E-state index is 13.1. The lowest BCUT2D eigenvalue weighted by Crippen LogP contribution is -2.10. The van der Waals surface area contributed by atoms with E-state index in [1.54, 1.807) is 0 Å². The Labute approximate surface area is 168 Å². The Morgan fingerprint density at radius 1 is 1.21 bits per heavy atom. The van der Waals surface area contributed by atoms with Gasteiger partial charge in [0, 0.05) is 10.9 Å². The first-order valence-corrected chi connectivity index (χ1v) is 9.98. The number of alkyl halides is 3. The number of aromatic carboxylic acids is 1. The summed E-state index contributed by atoms with van der Waals surface area (Å²) in [4.78, 5) is 20.4. The van der Waals surface area contributed by atoms with Crippen LogP contribution in [0.5, 0.6) is 6.01 Å². The summed E-state index contributed by atoms with van der Waals surface area (Å²) in [6.07, 6.45) is -0.0762. The van der Waals surface area contributed by atoms with E-state index in [4.69, 9.17) is 4.74 Å².